The smallest absolute Gasteiger partial charge is 0.231 e. The Bertz CT molecular complexity index is 1130. The number of fused-ring (bicyclic) bond motifs is 1. The molecule has 0 atom stereocenters. The SMILES string of the molecule is Cc1c(OCc2c(Cl)cccc2Cl)ccc2c1O/C(=C\c1cccc(F)c1)C2=O. The number of hydrogen-bond acceptors (Lipinski definition) is 3. The first-order valence-electron chi connectivity index (χ1n) is 8.83. The Morgan fingerprint density at radius 3 is 2.52 bits per heavy atom. The predicted octanol–water partition coefficient (Wildman–Crippen LogP) is 6.64. The second-order valence-corrected chi connectivity index (χ2v) is 7.36. The standard InChI is InChI=1S/C23H15Cl2FO3/c1-13-20(28-12-17-18(24)6-3-7-19(17)25)9-8-16-22(27)21(29-23(13)16)11-14-4-2-5-15(26)10-14/h2-11H,12H2,1H3/b21-11-. The number of carbonyl (C=O) groups excluding carboxylic acids is 1. The highest BCUT2D eigenvalue weighted by Crippen LogP contribution is 2.40. The fourth-order valence-electron chi connectivity index (χ4n) is 3.09. The van der Waals surface area contributed by atoms with E-state index in [-0.39, 0.29) is 24.0 Å². The minimum Gasteiger partial charge on any atom is -0.488 e. The number of ether oxygens (including phenoxy) is 2. The van der Waals surface area contributed by atoms with Crippen LogP contribution in [0.2, 0.25) is 10.0 Å². The molecule has 0 N–H and O–H groups in total. The molecule has 0 bridgehead atoms. The van der Waals surface area contributed by atoms with Gasteiger partial charge < -0.3 is 9.47 Å². The van der Waals surface area contributed by atoms with Gasteiger partial charge in [0.25, 0.3) is 0 Å². The highest BCUT2D eigenvalue weighted by atomic mass is 35.5. The van der Waals surface area contributed by atoms with Crippen molar-refractivity contribution in [2.45, 2.75) is 13.5 Å². The lowest BCUT2D eigenvalue weighted by atomic mass is 10.1. The van der Waals surface area contributed by atoms with Crippen molar-refractivity contribution in [1.29, 1.82) is 0 Å². The molecular weight excluding hydrogens is 414 g/mol. The number of Topliss-reactive ketones (excluding diaryl/α,β-unsaturated/α-hetero) is 1. The van der Waals surface area contributed by atoms with Crippen molar-refractivity contribution < 1.29 is 18.7 Å². The number of rotatable bonds is 4. The van der Waals surface area contributed by atoms with E-state index in [2.05, 4.69) is 0 Å². The van der Waals surface area contributed by atoms with E-state index in [0.717, 1.165) is 0 Å². The van der Waals surface area contributed by atoms with Crippen molar-refractivity contribution in [2.24, 2.45) is 0 Å². The fraction of sp³-hybridized carbons (Fsp3) is 0.0870. The average Bonchev–Trinajstić information content (AvgIpc) is 2.99. The summed E-state index contributed by atoms with van der Waals surface area (Å²) in [6, 6.07) is 14.6. The van der Waals surface area contributed by atoms with Crippen LogP contribution in [0.15, 0.2) is 60.4 Å². The molecular formula is C23H15Cl2FO3. The van der Waals surface area contributed by atoms with Crippen molar-refractivity contribution in [3.8, 4) is 11.5 Å². The number of carbonyl (C=O) groups is 1. The molecule has 1 heterocycles. The predicted molar refractivity (Wildman–Crippen MR) is 111 cm³/mol. The van der Waals surface area contributed by atoms with E-state index in [0.29, 0.717) is 43.8 Å². The quantitative estimate of drug-likeness (QED) is 0.437. The zero-order valence-corrected chi connectivity index (χ0v) is 16.9. The van der Waals surface area contributed by atoms with Crippen LogP contribution >= 0.6 is 23.2 Å². The van der Waals surface area contributed by atoms with Gasteiger partial charge in [-0.2, -0.15) is 0 Å². The monoisotopic (exact) mass is 428 g/mol. The van der Waals surface area contributed by atoms with Crippen LogP contribution in [-0.4, -0.2) is 5.78 Å². The minimum atomic E-state index is -0.382. The van der Waals surface area contributed by atoms with E-state index in [1.54, 1.807) is 49.4 Å². The van der Waals surface area contributed by atoms with Crippen molar-refractivity contribution in [2.75, 3.05) is 0 Å². The first kappa shape index (κ1) is 19.5. The molecule has 1 aliphatic heterocycles. The summed E-state index contributed by atoms with van der Waals surface area (Å²) < 4.78 is 25.1. The van der Waals surface area contributed by atoms with Crippen LogP contribution in [0.5, 0.6) is 11.5 Å². The molecule has 0 radical (unpaired) electrons. The molecule has 0 spiro atoms. The van der Waals surface area contributed by atoms with E-state index in [9.17, 15) is 9.18 Å². The summed E-state index contributed by atoms with van der Waals surface area (Å²) in [7, 11) is 0. The summed E-state index contributed by atoms with van der Waals surface area (Å²) in [4.78, 5) is 12.7. The second-order valence-electron chi connectivity index (χ2n) is 6.55. The summed E-state index contributed by atoms with van der Waals surface area (Å²) in [5, 5.41) is 1.03. The van der Waals surface area contributed by atoms with E-state index in [1.165, 1.54) is 18.2 Å². The highest BCUT2D eigenvalue weighted by molar-refractivity contribution is 6.35. The maximum absolute atomic E-state index is 13.4. The lowest BCUT2D eigenvalue weighted by Crippen LogP contribution is -2.00. The van der Waals surface area contributed by atoms with Gasteiger partial charge in [-0.15, -0.1) is 0 Å². The van der Waals surface area contributed by atoms with Crippen LogP contribution in [0.4, 0.5) is 4.39 Å². The van der Waals surface area contributed by atoms with Crippen molar-refractivity contribution >= 4 is 35.1 Å². The third-order valence-electron chi connectivity index (χ3n) is 4.62. The van der Waals surface area contributed by atoms with Gasteiger partial charge in [0.1, 0.15) is 23.9 Å². The lowest BCUT2D eigenvalue weighted by molar-refractivity contribution is 0.101. The summed E-state index contributed by atoms with van der Waals surface area (Å²) >= 11 is 12.4. The number of halogens is 3. The van der Waals surface area contributed by atoms with Gasteiger partial charge in [0.05, 0.1) is 5.56 Å². The Morgan fingerprint density at radius 2 is 1.79 bits per heavy atom. The zero-order chi connectivity index (χ0) is 20.5. The van der Waals surface area contributed by atoms with Crippen molar-refractivity contribution in [3.05, 3.63) is 98.5 Å². The molecule has 0 saturated carbocycles. The van der Waals surface area contributed by atoms with Gasteiger partial charge in [0.2, 0.25) is 5.78 Å². The second kappa shape index (κ2) is 7.90. The van der Waals surface area contributed by atoms with Crippen LogP contribution in [0.25, 0.3) is 6.08 Å². The molecule has 3 nitrogen and oxygen atoms in total. The van der Waals surface area contributed by atoms with E-state index < -0.39 is 0 Å². The Balaban J connectivity index is 1.60. The maximum atomic E-state index is 13.4. The van der Waals surface area contributed by atoms with Gasteiger partial charge in [-0.05, 0) is 55.0 Å². The van der Waals surface area contributed by atoms with E-state index >= 15 is 0 Å². The molecule has 0 aliphatic carbocycles. The molecule has 3 aromatic carbocycles. The van der Waals surface area contributed by atoms with Crippen LogP contribution in [-0.2, 0) is 6.61 Å². The first-order valence-corrected chi connectivity index (χ1v) is 9.59. The number of benzene rings is 3. The van der Waals surface area contributed by atoms with Gasteiger partial charge in [-0.1, -0.05) is 41.4 Å². The normalized spacial score (nSPS) is 14.1. The number of ketones is 1. The lowest BCUT2D eigenvalue weighted by Gasteiger charge is -2.13. The van der Waals surface area contributed by atoms with Gasteiger partial charge in [0.15, 0.2) is 5.76 Å². The molecule has 3 aromatic rings. The molecule has 4 rings (SSSR count). The molecule has 0 saturated heterocycles. The van der Waals surface area contributed by atoms with Crippen LogP contribution < -0.4 is 9.47 Å². The molecule has 1 aliphatic rings. The summed E-state index contributed by atoms with van der Waals surface area (Å²) in [5.41, 5.74) is 2.35. The molecule has 0 unspecified atom stereocenters. The topological polar surface area (TPSA) is 35.5 Å². The van der Waals surface area contributed by atoms with E-state index in [4.69, 9.17) is 32.7 Å². The molecule has 0 amide bonds. The Kier molecular flexibility index (Phi) is 5.31. The maximum Gasteiger partial charge on any atom is 0.231 e. The Labute approximate surface area is 177 Å². The van der Waals surface area contributed by atoms with Crippen molar-refractivity contribution in [1.82, 2.24) is 0 Å². The first-order chi connectivity index (χ1) is 13.9. The minimum absolute atomic E-state index is 0.139. The van der Waals surface area contributed by atoms with Gasteiger partial charge in [-0.25, -0.2) is 4.39 Å². The molecule has 0 aromatic heterocycles. The third kappa shape index (κ3) is 3.86. The summed E-state index contributed by atoms with van der Waals surface area (Å²) in [6.45, 7) is 1.98. The largest absolute Gasteiger partial charge is 0.488 e. The van der Waals surface area contributed by atoms with Gasteiger partial charge in [-0.3, -0.25) is 4.79 Å². The fourth-order valence-corrected chi connectivity index (χ4v) is 3.60. The summed E-state index contributed by atoms with van der Waals surface area (Å²) in [6.07, 6.45) is 1.52. The van der Waals surface area contributed by atoms with Crippen LogP contribution in [0, 0.1) is 12.7 Å². The third-order valence-corrected chi connectivity index (χ3v) is 5.32. The molecule has 0 fully saturated rings. The number of hydrogen-bond donors (Lipinski definition) is 0. The molecule has 29 heavy (non-hydrogen) atoms. The average molecular weight is 429 g/mol. The van der Waals surface area contributed by atoms with Gasteiger partial charge >= 0.3 is 0 Å². The summed E-state index contributed by atoms with van der Waals surface area (Å²) in [5.74, 6) is 0.486. The molecule has 6 heteroatoms. The molecule has 146 valence electrons. The highest BCUT2D eigenvalue weighted by Gasteiger charge is 2.30. The van der Waals surface area contributed by atoms with Crippen LogP contribution in [0.3, 0.4) is 0 Å². The van der Waals surface area contributed by atoms with Gasteiger partial charge in [0, 0.05) is 21.2 Å². The Morgan fingerprint density at radius 1 is 1.07 bits per heavy atom. The number of allylic oxidation sites excluding steroid dienone is 1. The Hall–Kier alpha value is -2.82. The van der Waals surface area contributed by atoms with Crippen LogP contribution in [0.1, 0.15) is 27.0 Å². The van der Waals surface area contributed by atoms with E-state index in [1.807, 2.05) is 0 Å². The van der Waals surface area contributed by atoms with Crippen molar-refractivity contribution in [3.63, 3.8) is 0 Å². The zero-order valence-electron chi connectivity index (χ0n) is 15.3.